The minimum absolute atomic E-state index is 0.0956. The number of alkyl halides is 3. The van der Waals surface area contributed by atoms with Crippen molar-refractivity contribution in [3.05, 3.63) is 46.0 Å². The van der Waals surface area contributed by atoms with Crippen molar-refractivity contribution in [3.8, 4) is 0 Å². The van der Waals surface area contributed by atoms with Crippen LogP contribution in [0.2, 0.25) is 0 Å². The van der Waals surface area contributed by atoms with Crippen LogP contribution in [0.4, 0.5) is 13.2 Å². The lowest BCUT2D eigenvalue weighted by Crippen LogP contribution is -2.22. The Morgan fingerprint density at radius 1 is 1.37 bits per heavy atom. The van der Waals surface area contributed by atoms with Crippen molar-refractivity contribution in [2.75, 3.05) is 0 Å². The number of hydrogen-bond acceptors (Lipinski definition) is 4. The summed E-state index contributed by atoms with van der Waals surface area (Å²) in [7, 11) is 0. The topological polar surface area (TPSA) is 60.9 Å². The van der Waals surface area contributed by atoms with Gasteiger partial charge in [0.1, 0.15) is 6.54 Å². The normalized spacial score (nSPS) is 11.8. The maximum absolute atomic E-state index is 12.5. The zero-order valence-corrected chi connectivity index (χ0v) is 9.94. The maximum Gasteiger partial charge on any atom is 0.417 e. The first kappa shape index (κ1) is 13.3. The van der Waals surface area contributed by atoms with Crippen molar-refractivity contribution >= 4 is 0 Å². The molecule has 2 heterocycles. The van der Waals surface area contributed by atoms with E-state index in [9.17, 15) is 18.0 Å². The smallest absolute Gasteiger partial charge is 0.337 e. The van der Waals surface area contributed by atoms with Crippen LogP contribution in [0.25, 0.3) is 0 Å². The highest BCUT2D eigenvalue weighted by molar-refractivity contribution is 5.14. The third-order valence-corrected chi connectivity index (χ3v) is 2.44. The van der Waals surface area contributed by atoms with Gasteiger partial charge < -0.3 is 9.09 Å². The lowest BCUT2D eigenvalue weighted by molar-refractivity contribution is -0.138. The fourth-order valence-corrected chi connectivity index (χ4v) is 1.47. The third-order valence-electron chi connectivity index (χ3n) is 2.44. The minimum atomic E-state index is -4.50. The minimum Gasteiger partial charge on any atom is -0.337 e. The number of aromatic nitrogens is 3. The van der Waals surface area contributed by atoms with E-state index in [-0.39, 0.29) is 12.4 Å². The van der Waals surface area contributed by atoms with Crippen LogP contribution in [0, 0.1) is 0 Å². The largest absolute Gasteiger partial charge is 0.417 e. The average molecular weight is 273 g/mol. The molecule has 5 nitrogen and oxygen atoms in total. The van der Waals surface area contributed by atoms with Gasteiger partial charge in [0.15, 0.2) is 5.82 Å². The standard InChI is InChI=1S/C11H10F3N3O2/c1-2-8-15-9(19-16-8)6-17-5-7(11(12,13)14)3-4-10(17)18/h3-5H,2,6H2,1H3. The monoisotopic (exact) mass is 273 g/mol. The molecule has 0 aliphatic rings. The fraction of sp³-hybridized carbons (Fsp3) is 0.364. The van der Waals surface area contributed by atoms with Gasteiger partial charge in [-0.1, -0.05) is 12.1 Å². The summed E-state index contributed by atoms with van der Waals surface area (Å²) in [4.78, 5) is 15.4. The molecule has 0 atom stereocenters. The highest BCUT2D eigenvalue weighted by Crippen LogP contribution is 2.28. The molecule has 2 rings (SSSR count). The SMILES string of the molecule is CCc1noc(Cn2cc(C(F)(F)F)ccc2=O)n1. The molecule has 0 aliphatic heterocycles. The molecular weight excluding hydrogens is 263 g/mol. The molecule has 0 saturated heterocycles. The summed E-state index contributed by atoms with van der Waals surface area (Å²) in [6, 6.07) is 1.60. The Labute approximate surface area is 105 Å². The van der Waals surface area contributed by atoms with E-state index in [1.54, 1.807) is 0 Å². The summed E-state index contributed by atoms with van der Waals surface area (Å²) >= 11 is 0. The number of hydrogen-bond donors (Lipinski definition) is 0. The van der Waals surface area contributed by atoms with E-state index < -0.39 is 17.3 Å². The van der Waals surface area contributed by atoms with Crippen LogP contribution in [0.5, 0.6) is 0 Å². The van der Waals surface area contributed by atoms with Crippen LogP contribution in [-0.4, -0.2) is 14.7 Å². The Morgan fingerprint density at radius 2 is 2.11 bits per heavy atom. The predicted molar refractivity (Wildman–Crippen MR) is 58.5 cm³/mol. The molecular formula is C11H10F3N3O2. The van der Waals surface area contributed by atoms with Crippen molar-refractivity contribution in [1.29, 1.82) is 0 Å². The zero-order chi connectivity index (χ0) is 14.0. The first-order valence-electron chi connectivity index (χ1n) is 5.49. The molecule has 102 valence electrons. The van der Waals surface area contributed by atoms with Crippen molar-refractivity contribution in [2.24, 2.45) is 0 Å². The van der Waals surface area contributed by atoms with E-state index in [4.69, 9.17) is 4.52 Å². The third kappa shape index (κ3) is 3.01. The Morgan fingerprint density at radius 3 is 2.68 bits per heavy atom. The zero-order valence-electron chi connectivity index (χ0n) is 9.94. The number of halogens is 3. The fourth-order valence-electron chi connectivity index (χ4n) is 1.47. The van der Waals surface area contributed by atoms with Crippen molar-refractivity contribution in [3.63, 3.8) is 0 Å². The summed E-state index contributed by atoms with van der Waals surface area (Å²) in [5.41, 5.74) is -1.47. The van der Waals surface area contributed by atoms with Gasteiger partial charge in [-0.15, -0.1) is 0 Å². The van der Waals surface area contributed by atoms with Gasteiger partial charge in [0.25, 0.3) is 5.56 Å². The molecule has 0 spiro atoms. The van der Waals surface area contributed by atoms with Crippen LogP contribution >= 0.6 is 0 Å². The Hall–Kier alpha value is -2.12. The summed E-state index contributed by atoms with van der Waals surface area (Å²) in [5.74, 6) is 0.535. The average Bonchev–Trinajstić information content (AvgIpc) is 2.78. The second kappa shape index (κ2) is 4.87. The molecule has 0 saturated carbocycles. The summed E-state index contributed by atoms with van der Waals surface area (Å²) in [5, 5.41) is 3.61. The van der Waals surface area contributed by atoms with Gasteiger partial charge in [-0.05, 0) is 6.07 Å². The second-order valence-electron chi connectivity index (χ2n) is 3.84. The van der Waals surface area contributed by atoms with Crippen LogP contribution in [0.1, 0.15) is 24.2 Å². The van der Waals surface area contributed by atoms with Crippen molar-refractivity contribution < 1.29 is 17.7 Å². The number of pyridine rings is 1. The van der Waals surface area contributed by atoms with Gasteiger partial charge >= 0.3 is 6.18 Å². The molecule has 8 heteroatoms. The number of nitrogens with zero attached hydrogens (tertiary/aromatic N) is 3. The van der Waals surface area contributed by atoms with E-state index in [2.05, 4.69) is 10.1 Å². The van der Waals surface area contributed by atoms with E-state index in [1.807, 2.05) is 6.92 Å². The predicted octanol–water partition coefficient (Wildman–Crippen LogP) is 1.86. The van der Waals surface area contributed by atoms with E-state index >= 15 is 0 Å². The van der Waals surface area contributed by atoms with Crippen LogP contribution in [0.3, 0.4) is 0 Å². The molecule has 0 N–H and O–H groups in total. The van der Waals surface area contributed by atoms with E-state index in [1.165, 1.54) is 0 Å². The molecule has 0 amide bonds. The van der Waals surface area contributed by atoms with Gasteiger partial charge in [0.05, 0.1) is 5.56 Å². The van der Waals surface area contributed by atoms with E-state index in [0.717, 1.165) is 22.9 Å². The Balaban J connectivity index is 2.31. The molecule has 0 fully saturated rings. The van der Waals surface area contributed by atoms with Crippen LogP contribution in [0.15, 0.2) is 27.6 Å². The highest BCUT2D eigenvalue weighted by atomic mass is 19.4. The Kier molecular flexibility index (Phi) is 3.41. The summed E-state index contributed by atoms with van der Waals surface area (Å²) < 4.78 is 43.3. The van der Waals surface area contributed by atoms with Gasteiger partial charge in [-0.3, -0.25) is 4.79 Å². The van der Waals surface area contributed by atoms with Crippen molar-refractivity contribution in [2.45, 2.75) is 26.1 Å². The number of aryl methyl sites for hydroxylation is 1. The van der Waals surface area contributed by atoms with E-state index in [0.29, 0.717) is 12.2 Å². The van der Waals surface area contributed by atoms with Crippen molar-refractivity contribution in [1.82, 2.24) is 14.7 Å². The molecule has 0 aromatic carbocycles. The lowest BCUT2D eigenvalue weighted by atomic mass is 10.3. The van der Waals surface area contributed by atoms with Gasteiger partial charge in [0, 0.05) is 18.7 Å². The molecule has 0 bridgehead atoms. The lowest BCUT2D eigenvalue weighted by Gasteiger charge is -2.08. The van der Waals surface area contributed by atoms with Crippen LogP contribution < -0.4 is 5.56 Å². The maximum atomic E-state index is 12.5. The van der Waals surface area contributed by atoms with Gasteiger partial charge in [-0.2, -0.15) is 18.2 Å². The molecule has 19 heavy (non-hydrogen) atoms. The summed E-state index contributed by atoms with van der Waals surface area (Å²) in [6.45, 7) is 1.63. The molecule has 2 aromatic rings. The first-order valence-corrected chi connectivity index (χ1v) is 5.49. The van der Waals surface area contributed by atoms with Gasteiger partial charge in [-0.25, -0.2) is 0 Å². The summed E-state index contributed by atoms with van der Waals surface area (Å²) in [6.07, 6.45) is -3.22. The molecule has 2 aromatic heterocycles. The van der Waals surface area contributed by atoms with Crippen LogP contribution in [-0.2, 0) is 19.1 Å². The van der Waals surface area contributed by atoms with Gasteiger partial charge in [0.2, 0.25) is 5.89 Å². The first-order chi connectivity index (χ1) is 8.90. The second-order valence-corrected chi connectivity index (χ2v) is 3.84. The highest BCUT2D eigenvalue weighted by Gasteiger charge is 2.31. The molecule has 0 unspecified atom stereocenters. The number of rotatable bonds is 3. The molecule has 0 aliphatic carbocycles. The Bertz CT molecular complexity index is 631. The quantitative estimate of drug-likeness (QED) is 0.856. The molecule has 0 radical (unpaired) electrons.